The normalized spacial score (nSPS) is 11.1. The number of halogens is 2. The molecule has 0 aliphatic rings. The summed E-state index contributed by atoms with van der Waals surface area (Å²) in [5.74, 6) is -0.693. The number of hydrogen-bond donors (Lipinski definition) is 3. The van der Waals surface area contributed by atoms with E-state index in [1.165, 1.54) is 23.6 Å². The molecule has 1 heterocycles. The van der Waals surface area contributed by atoms with Crippen molar-refractivity contribution in [2.24, 2.45) is 5.10 Å². The lowest BCUT2D eigenvalue weighted by Crippen LogP contribution is -2.17. The number of phenols is 1. The van der Waals surface area contributed by atoms with Gasteiger partial charge in [-0.3, -0.25) is 9.59 Å². The highest BCUT2D eigenvalue weighted by atomic mass is 79.9. The second-order valence-electron chi connectivity index (χ2n) is 7.18. The zero-order valence-corrected chi connectivity index (χ0v) is 20.4. The third kappa shape index (κ3) is 5.24. The minimum Gasteiger partial charge on any atom is -0.507 e. The largest absolute Gasteiger partial charge is 0.507 e. The highest BCUT2D eigenvalue weighted by molar-refractivity contribution is 9.10. The van der Waals surface area contributed by atoms with E-state index in [1.54, 1.807) is 36.4 Å². The number of thiophene rings is 1. The molecule has 1 aromatic heterocycles. The first-order valence-electron chi connectivity index (χ1n) is 9.74. The number of carbonyl (C=O) groups is 2. The Labute approximate surface area is 207 Å². The number of hydrazone groups is 1. The Balaban J connectivity index is 1.41. The number of hydrogen-bond acceptors (Lipinski definition) is 5. The highest BCUT2D eigenvalue weighted by Gasteiger charge is 2.17. The van der Waals surface area contributed by atoms with Gasteiger partial charge in [0, 0.05) is 31.4 Å². The topological polar surface area (TPSA) is 90.8 Å². The standard InChI is InChI=1S/C24H17BrClN3O3S/c1-13-2-8-18-20(10-13)33-22(21(18)26)24(32)28-17-6-3-14(4-7-17)23(31)29-27-12-15-11-16(25)5-9-19(15)30/h2-12,30H,1H3,(H,28,32)(H,29,31)/b27-12-. The number of aryl methyl sites for hydroxylation is 1. The third-order valence-corrected chi connectivity index (χ3v) is 6.90. The molecule has 2 amide bonds. The van der Waals surface area contributed by atoms with Crippen LogP contribution in [0.25, 0.3) is 10.1 Å². The molecule has 4 aromatic rings. The Hall–Kier alpha value is -3.20. The smallest absolute Gasteiger partial charge is 0.271 e. The molecule has 0 atom stereocenters. The van der Waals surface area contributed by atoms with E-state index in [4.69, 9.17) is 11.6 Å². The lowest BCUT2D eigenvalue weighted by molar-refractivity contribution is 0.0954. The van der Waals surface area contributed by atoms with Crippen molar-refractivity contribution in [3.63, 3.8) is 0 Å². The molecule has 0 aliphatic carbocycles. The Kier molecular flexibility index (Phi) is 6.78. The van der Waals surface area contributed by atoms with Crippen molar-refractivity contribution in [2.45, 2.75) is 6.92 Å². The number of carbonyl (C=O) groups excluding carboxylic acids is 2. The zero-order chi connectivity index (χ0) is 23.5. The van der Waals surface area contributed by atoms with Gasteiger partial charge in [-0.1, -0.05) is 39.7 Å². The summed E-state index contributed by atoms with van der Waals surface area (Å²) in [6.45, 7) is 1.99. The maximum absolute atomic E-state index is 12.7. The fourth-order valence-electron chi connectivity index (χ4n) is 3.06. The summed E-state index contributed by atoms with van der Waals surface area (Å²) in [5, 5.41) is 17.8. The minimum atomic E-state index is -0.429. The second-order valence-corrected chi connectivity index (χ2v) is 9.52. The van der Waals surface area contributed by atoms with Gasteiger partial charge in [0.15, 0.2) is 0 Å². The summed E-state index contributed by atoms with van der Waals surface area (Å²) in [6, 6.07) is 17.2. The summed E-state index contributed by atoms with van der Waals surface area (Å²) in [5.41, 5.74) is 4.85. The number of nitrogens with zero attached hydrogens (tertiary/aromatic N) is 1. The number of nitrogens with one attached hydrogen (secondary N) is 2. The lowest BCUT2D eigenvalue weighted by Gasteiger charge is -2.06. The van der Waals surface area contributed by atoms with Crippen LogP contribution in [0, 0.1) is 6.92 Å². The van der Waals surface area contributed by atoms with Gasteiger partial charge in [-0.15, -0.1) is 11.3 Å². The Bertz CT molecular complexity index is 1400. The SMILES string of the molecule is Cc1ccc2c(Cl)c(C(=O)Nc3ccc(C(=O)N/N=C\c4cc(Br)ccc4O)cc3)sc2c1. The van der Waals surface area contributed by atoms with Crippen LogP contribution in [0.1, 0.15) is 31.2 Å². The van der Waals surface area contributed by atoms with Gasteiger partial charge < -0.3 is 10.4 Å². The molecule has 0 aliphatic heterocycles. The Morgan fingerprint density at radius 3 is 2.58 bits per heavy atom. The van der Waals surface area contributed by atoms with Crippen LogP contribution in [-0.4, -0.2) is 23.1 Å². The molecule has 0 spiro atoms. The van der Waals surface area contributed by atoms with Gasteiger partial charge in [-0.2, -0.15) is 5.10 Å². The summed E-state index contributed by atoms with van der Waals surface area (Å²) >= 11 is 11.1. The van der Waals surface area contributed by atoms with E-state index in [9.17, 15) is 14.7 Å². The number of amides is 2. The molecule has 0 saturated carbocycles. The van der Waals surface area contributed by atoms with E-state index in [-0.39, 0.29) is 11.7 Å². The maximum atomic E-state index is 12.7. The van der Waals surface area contributed by atoms with Gasteiger partial charge in [0.1, 0.15) is 10.6 Å². The summed E-state index contributed by atoms with van der Waals surface area (Å²) in [7, 11) is 0. The van der Waals surface area contributed by atoms with Crippen LogP contribution in [0.15, 0.2) is 70.2 Å². The molecule has 9 heteroatoms. The van der Waals surface area contributed by atoms with Crippen LogP contribution < -0.4 is 10.7 Å². The van der Waals surface area contributed by atoms with Crippen molar-refractivity contribution >= 4 is 72.7 Å². The van der Waals surface area contributed by atoms with Crippen molar-refractivity contribution in [3.05, 3.63) is 91.7 Å². The van der Waals surface area contributed by atoms with E-state index in [0.29, 0.717) is 26.7 Å². The average molecular weight is 543 g/mol. The first-order chi connectivity index (χ1) is 15.8. The van der Waals surface area contributed by atoms with Gasteiger partial charge >= 0.3 is 0 Å². The van der Waals surface area contributed by atoms with Crippen LogP contribution in [0.4, 0.5) is 5.69 Å². The minimum absolute atomic E-state index is 0.0465. The van der Waals surface area contributed by atoms with Crippen molar-refractivity contribution in [3.8, 4) is 5.75 Å². The van der Waals surface area contributed by atoms with Crippen molar-refractivity contribution < 1.29 is 14.7 Å². The average Bonchev–Trinajstić information content (AvgIpc) is 3.12. The van der Waals surface area contributed by atoms with Gasteiger partial charge in [0.05, 0.1) is 11.2 Å². The monoisotopic (exact) mass is 541 g/mol. The molecule has 166 valence electrons. The van der Waals surface area contributed by atoms with Crippen LogP contribution in [0.2, 0.25) is 5.02 Å². The summed E-state index contributed by atoms with van der Waals surface area (Å²) in [4.78, 5) is 25.5. The number of rotatable bonds is 5. The predicted molar refractivity (Wildman–Crippen MR) is 137 cm³/mol. The molecule has 0 radical (unpaired) electrons. The third-order valence-electron chi connectivity index (χ3n) is 4.76. The molecule has 0 saturated heterocycles. The number of aromatic hydroxyl groups is 1. The molecule has 6 nitrogen and oxygen atoms in total. The first-order valence-corrected chi connectivity index (χ1v) is 11.7. The number of phenolic OH excluding ortho intramolecular Hbond substituents is 1. The molecule has 3 N–H and O–H groups in total. The van der Waals surface area contributed by atoms with Crippen molar-refractivity contribution in [1.29, 1.82) is 0 Å². The Morgan fingerprint density at radius 1 is 1.06 bits per heavy atom. The van der Waals surface area contributed by atoms with Crippen LogP contribution in [0.3, 0.4) is 0 Å². The molecule has 0 bridgehead atoms. The van der Waals surface area contributed by atoms with Crippen molar-refractivity contribution in [2.75, 3.05) is 5.32 Å². The molecule has 3 aromatic carbocycles. The van der Waals surface area contributed by atoms with E-state index in [1.807, 2.05) is 25.1 Å². The van der Waals surface area contributed by atoms with Crippen LogP contribution in [0.5, 0.6) is 5.75 Å². The quantitative estimate of drug-likeness (QED) is 0.203. The first kappa shape index (κ1) is 23.0. The maximum Gasteiger partial charge on any atom is 0.271 e. The molecular formula is C24H17BrClN3O3S. The molecule has 4 rings (SSSR count). The zero-order valence-electron chi connectivity index (χ0n) is 17.2. The Morgan fingerprint density at radius 2 is 1.82 bits per heavy atom. The van der Waals surface area contributed by atoms with E-state index in [0.717, 1.165) is 20.1 Å². The van der Waals surface area contributed by atoms with Gasteiger partial charge in [-0.05, 0) is 61.0 Å². The fraction of sp³-hybridized carbons (Fsp3) is 0.0417. The number of anilines is 1. The van der Waals surface area contributed by atoms with Gasteiger partial charge in [-0.25, -0.2) is 5.43 Å². The molecule has 0 fully saturated rings. The molecule has 33 heavy (non-hydrogen) atoms. The lowest BCUT2D eigenvalue weighted by atomic mass is 10.2. The summed E-state index contributed by atoms with van der Waals surface area (Å²) in [6.07, 6.45) is 1.35. The number of benzene rings is 3. The van der Waals surface area contributed by atoms with E-state index in [2.05, 4.69) is 31.8 Å². The van der Waals surface area contributed by atoms with Gasteiger partial charge in [0.25, 0.3) is 11.8 Å². The van der Waals surface area contributed by atoms with E-state index >= 15 is 0 Å². The molecule has 0 unspecified atom stereocenters. The van der Waals surface area contributed by atoms with Crippen LogP contribution >= 0.6 is 38.9 Å². The van der Waals surface area contributed by atoms with Crippen molar-refractivity contribution in [1.82, 2.24) is 5.43 Å². The van der Waals surface area contributed by atoms with Crippen LogP contribution in [-0.2, 0) is 0 Å². The van der Waals surface area contributed by atoms with Gasteiger partial charge in [0.2, 0.25) is 0 Å². The fourth-order valence-corrected chi connectivity index (χ4v) is 4.95. The summed E-state index contributed by atoms with van der Waals surface area (Å²) < 4.78 is 1.73. The second kappa shape index (κ2) is 9.74. The number of fused-ring (bicyclic) bond motifs is 1. The molecular weight excluding hydrogens is 526 g/mol. The predicted octanol–water partition coefficient (Wildman–Crippen LogP) is 6.35. The van der Waals surface area contributed by atoms with E-state index < -0.39 is 5.91 Å². The highest BCUT2D eigenvalue weighted by Crippen LogP contribution is 2.36.